The lowest BCUT2D eigenvalue weighted by Gasteiger charge is -2.35. The molecule has 4 nitrogen and oxygen atoms in total. The number of carbonyl (C=O) groups is 1. The van der Waals surface area contributed by atoms with Gasteiger partial charge in [-0.15, -0.1) is 13.2 Å². The van der Waals surface area contributed by atoms with E-state index in [0.717, 1.165) is 12.0 Å². The summed E-state index contributed by atoms with van der Waals surface area (Å²) in [5.41, 5.74) is 0.900. The molecule has 2 rings (SSSR count). The van der Waals surface area contributed by atoms with E-state index in [-0.39, 0.29) is 17.7 Å². The number of ether oxygens (including phenoxy) is 1. The van der Waals surface area contributed by atoms with Gasteiger partial charge in [-0.2, -0.15) is 0 Å². The maximum absolute atomic E-state index is 12.1. The van der Waals surface area contributed by atoms with Crippen LogP contribution in [0.3, 0.4) is 0 Å². The Morgan fingerprint density at radius 1 is 1.32 bits per heavy atom. The van der Waals surface area contributed by atoms with Gasteiger partial charge in [0.15, 0.2) is 0 Å². The zero-order valence-corrected chi connectivity index (χ0v) is 12.6. The van der Waals surface area contributed by atoms with Gasteiger partial charge in [-0.3, -0.25) is 9.69 Å². The molecule has 0 spiro atoms. The largest absolute Gasteiger partial charge is 0.573 e. The van der Waals surface area contributed by atoms with E-state index in [9.17, 15) is 18.0 Å². The highest BCUT2D eigenvalue weighted by atomic mass is 19.4. The van der Waals surface area contributed by atoms with Crippen molar-refractivity contribution in [3.05, 3.63) is 29.8 Å². The number of halogens is 3. The van der Waals surface area contributed by atoms with Crippen LogP contribution in [0.15, 0.2) is 24.3 Å². The van der Waals surface area contributed by atoms with Gasteiger partial charge in [0.1, 0.15) is 5.75 Å². The number of hydrogen-bond acceptors (Lipinski definition) is 3. The second-order valence-corrected chi connectivity index (χ2v) is 5.57. The number of benzene rings is 1. The van der Waals surface area contributed by atoms with Crippen molar-refractivity contribution in [1.82, 2.24) is 9.80 Å². The van der Waals surface area contributed by atoms with E-state index in [1.54, 1.807) is 24.1 Å². The van der Waals surface area contributed by atoms with E-state index in [2.05, 4.69) is 9.64 Å². The van der Waals surface area contributed by atoms with Crippen LogP contribution in [0.4, 0.5) is 13.2 Å². The van der Waals surface area contributed by atoms with Crippen LogP contribution in [0.5, 0.6) is 5.75 Å². The van der Waals surface area contributed by atoms with E-state index in [1.165, 1.54) is 12.1 Å². The molecule has 0 bridgehead atoms. The Kier molecular flexibility index (Phi) is 4.95. The zero-order valence-electron chi connectivity index (χ0n) is 12.6. The van der Waals surface area contributed by atoms with Gasteiger partial charge in [0.05, 0.1) is 0 Å². The molecule has 1 aromatic carbocycles. The SMILES string of the molecule is CN1C[C@@H](N(C)Cc2ccc(OC(F)(F)F)cc2)CCC1=O. The molecule has 0 unspecified atom stereocenters. The minimum Gasteiger partial charge on any atom is -0.406 e. The summed E-state index contributed by atoms with van der Waals surface area (Å²) in [5, 5.41) is 0. The second-order valence-electron chi connectivity index (χ2n) is 5.57. The van der Waals surface area contributed by atoms with Crippen molar-refractivity contribution in [3.63, 3.8) is 0 Å². The molecule has 1 aliphatic rings. The summed E-state index contributed by atoms with van der Waals surface area (Å²) in [7, 11) is 3.74. The minimum atomic E-state index is -4.67. The van der Waals surface area contributed by atoms with Crippen molar-refractivity contribution >= 4 is 5.91 Å². The van der Waals surface area contributed by atoms with Gasteiger partial charge in [-0.25, -0.2) is 0 Å². The molecule has 0 N–H and O–H groups in total. The Bertz CT molecular complexity index is 517. The molecule has 0 saturated carbocycles. The maximum Gasteiger partial charge on any atom is 0.573 e. The molecule has 0 radical (unpaired) electrons. The third-order valence-electron chi connectivity index (χ3n) is 3.81. The summed E-state index contributed by atoms with van der Waals surface area (Å²) in [4.78, 5) is 15.3. The topological polar surface area (TPSA) is 32.8 Å². The predicted molar refractivity (Wildman–Crippen MR) is 75.3 cm³/mol. The number of amides is 1. The number of rotatable bonds is 4. The van der Waals surface area contributed by atoms with Crippen LogP contribution in [0.1, 0.15) is 18.4 Å². The maximum atomic E-state index is 12.1. The molecule has 1 atom stereocenters. The van der Waals surface area contributed by atoms with Gasteiger partial charge in [-0.1, -0.05) is 12.1 Å². The van der Waals surface area contributed by atoms with Gasteiger partial charge in [0.25, 0.3) is 0 Å². The second kappa shape index (κ2) is 6.56. The van der Waals surface area contributed by atoms with Gasteiger partial charge in [0, 0.05) is 32.6 Å². The smallest absolute Gasteiger partial charge is 0.406 e. The molecule has 1 saturated heterocycles. The molecule has 1 fully saturated rings. The minimum absolute atomic E-state index is 0.151. The molecule has 7 heteroatoms. The molecule has 1 aromatic rings. The van der Waals surface area contributed by atoms with Gasteiger partial charge in [-0.05, 0) is 31.2 Å². The summed E-state index contributed by atoms with van der Waals surface area (Å²) in [6.45, 7) is 1.28. The highest BCUT2D eigenvalue weighted by Gasteiger charge is 2.31. The average Bonchev–Trinajstić information content (AvgIpc) is 2.42. The van der Waals surface area contributed by atoms with E-state index < -0.39 is 6.36 Å². The van der Waals surface area contributed by atoms with Gasteiger partial charge >= 0.3 is 6.36 Å². The van der Waals surface area contributed by atoms with Crippen LogP contribution in [0.2, 0.25) is 0 Å². The van der Waals surface area contributed by atoms with Crippen LogP contribution in [-0.2, 0) is 11.3 Å². The monoisotopic (exact) mass is 316 g/mol. The van der Waals surface area contributed by atoms with Crippen molar-refractivity contribution in [3.8, 4) is 5.75 Å². The fourth-order valence-electron chi connectivity index (χ4n) is 2.56. The Hall–Kier alpha value is -1.76. The quantitative estimate of drug-likeness (QED) is 0.856. The Morgan fingerprint density at radius 3 is 2.50 bits per heavy atom. The predicted octanol–water partition coefficient (Wildman–Crippen LogP) is 2.64. The first-order chi connectivity index (χ1) is 10.2. The normalized spacial score (nSPS) is 19.6. The lowest BCUT2D eigenvalue weighted by molar-refractivity contribution is -0.274. The summed E-state index contributed by atoms with van der Waals surface area (Å²) in [6.07, 6.45) is -3.34. The van der Waals surface area contributed by atoms with Crippen LogP contribution in [0.25, 0.3) is 0 Å². The summed E-state index contributed by atoms with van der Waals surface area (Å²) < 4.78 is 40.1. The summed E-state index contributed by atoms with van der Waals surface area (Å²) in [5.74, 6) is -0.0693. The van der Waals surface area contributed by atoms with Gasteiger partial charge in [0.2, 0.25) is 5.91 Å². The third kappa shape index (κ3) is 4.62. The van der Waals surface area contributed by atoms with E-state index in [1.807, 2.05) is 7.05 Å². The number of likely N-dealkylation sites (N-methyl/N-ethyl adjacent to an activating group) is 2. The van der Waals surface area contributed by atoms with Crippen molar-refractivity contribution in [1.29, 1.82) is 0 Å². The summed E-state index contributed by atoms with van der Waals surface area (Å²) in [6, 6.07) is 6.12. The molecule has 0 aliphatic carbocycles. The molecule has 122 valence electrons. The third-order valence-corrected chi connectivity index (χ3v) is 3.81. The fraction of sp³-hybridized carbons (Fsp3) is 0.533. The lowest BCUT2D eigenvalue weighted by Crippen LogP contribution is -2.47. The van der Waals surface area contributed by atoms with Crippen molar-refractivity contribution < 1.29 is 22.7 Å². The lowest BCUT2D eigenvalue weighted by atomic mass is 10.0. The standard InChI is InChI=1S/C15H19F3N2O2/c1-19(12-5-8-14(21)20(2)10-12)9-11-3-6-13(7-4-11)22-15(16,17)18/h3-4,6-7,12H,5,8-10H2,1-2H3/t12-/m0/s1. The molecule has 0 aromatic heterocycles. The van der Waals surface area contributed by atoms with Gasteiger partial charge < -0.3 is 9.64 Å². The van der Waals surface area contributed by atoms with Crippen molar-refractivity contribution in [2.45, 2.75) is 31.8 Å². The highest BCUT2D eigenvalue weighted by Crippen LogP contribution is 2.23. The van der Waals surface area contributed by atoms with Crippen LogP contribution >= 0.6 is 0 Å². The molecule has 1 amide bonds. The van der Waals surface area contributed by atoms with Crippen LogP contribution in [0, 0.1) is 0 Å². The Morgan fingerprint density at radius 2 is 1.95 bits per heavy atom. The molecular weight excluding hydrogens is 297 g/mol. The molecule has 22 heavy (non-hydrogen) atoms. The first-order valence-electron chi connectivity index (χ1n) is 7.03. The number of carbonyl (C=O) groups excluding carboxylic acids is 1. The number of alkyl halides is 3. The first kappa shape index (κ1) is 16.6. The Balaban J connectivity index is 1.91. The van der Waals surface area contributed by atoms with Crippen LogP contribution in [-0.4, -0.2) is 48.8 Å². The molecule has 1 heterocycles. The average molecular weight is 316 g/mol. The Labute approximate surface area is 127 Å². The molecule has 1 aliphatic heterocycles. The number of hydrogen-bond donors (Lipinski definition) is 0. The van der Waals surface area contributed by atoms with E-state index in [0.29, 0.717) is 19.5 Å². The van der Waals surface area contributed by atoms with Crippen molar-refractivity contribution in [2.75, 3.05) is 20.6 Å². The van der Waals surface area contributed by atoms with Crippen LogP contribution < -0.4 is 4.74 Å². The number of nitrogens with zero attached hydrogens (tertiary/aromatic N) is 2. The summed E-state index contributed by atoms with van der Waals surface area (Å²) >= 11 is 0. The molecular formula is C15H19F3N2O2. The van der Waals surface area contributed by atoms with E-state index in [4.69, 9.17) is 0 Å². The van der Waals surface area contributed by atoms with E-state index >= 15 is 0 Å². The fourth-order valence-corrected chi connectivity index (χ4v) is 2.56. The highest BCUT2D eigenvalue weighted by molar-refractivity contribution is 5.76. The number of piperidine rings is 1. The first-order valence-corrected chi connectivity index (χ1v) is 7.03. The zero-order chi connectivity index (χ0) is 16.3. The van der Waals surface area contributed by atoms with Crippen molar-refractivity contribution in [2.24, 2.45) is 0 Å². The number of likely N-dealkylation sites (tertiary alicyclic amines) is 1.